The summed E-state index contributed by atoms with van der Waals surface area (Å²) in [5, 5.41) is 6.44. The van der Waals surface area contributed by atoms with Crippen molar-refractivity contribution in [2.75, 3.05) is 45.8 Å². The number of amides is 2. The van der Waals surface area contributed by atoms with Crippen molar-refractivity contribution < 1.29 is 9.59 Å². The van der Waals surface area contributed by atoms with E-state index in [1.54, 1.807) is 0 Å². The van der Waals surface area contributed by atoms with Crippen LogP contribution in [0.1, 0.15) is 39.5 Å². The van der Waals surface area contributed by atoms with Gasteiger partial charge in [-0.25, -0.2) is 0 Å². The third-order valence-electron chi connectivity index (χ3n) is 6.34. The van der Waals surface area contributed by atoms with Gasteiger partial charge in [-0.05, 0) is 50.6 Å². The van der Waals surface area contributed by atoms with E-state index in [0.29, 0.717) is 18.5 Å². The fraction of sp³-hybridized carbons (Fsp3) is 0.895. The second-order valence-corrected chi connectivity index (χ2v) is 8.33. The van der Waals surface area contributed by atoms with Crippen molar-refractivity contribution in [3.05, 3.63) is 0 Å². The summed E-state index contributed by atoms with van der Waals surface area (Å²) in [4.78, 5) is 29.0. The van der Waals surface area contributed by atoms with Crippen LogP contribution >= 0.6 is 24.8 Å². The zero-order chi connectivity index (χ0) is 17.8. The summed E-state index contributed by atoms with van der Waals surface area (Å²) in [6.07, 6.45) is 4.67. The lowest BCUT2D eigenvalue weighted by Gasteiger charge is -2.39. The van der Waals surface area contributed by atoms with Gasteiger partial charge in [0.05, 0.1) is 6.54 Å². The number of rotatable bonds is 5. The highest BCUT2D eigenvalue weighted by molar-refractivity contribution is 5.85. The van der Waals surface area contributed by atoms with Crippen LogP contribution in [0, 0.1) is 17.8 Å². The first kappa shape index (κ1) is 24.5. The van der Waals surface area contributed by atoms with Gasteiger partial charge in [-0.1, -0.05) is 13.8 Å². The van der Waals surface area contributed by atoms with E-state index in [4.69, 9.17) is 0 Å². The van der Waals surface area contributed by atoms with Crippen molar-refractivity contribution >= 4 is 36.6 Å². The van der Waals surface area contributed by atoms with Crippen LogP contribution in [0.3, 0.4) is 0 Å². The molecule has 3 rings (SSSR count). The van der Waals surface area contributed by atoms with Gasteiger partial charge in [0.25, 0.3) is 0 Å². The van der Waals surface area contributed by atoms with Crippen LogP contribution in [-0.4, -0.2) is 73.5 Å². The minimum atomic E-state index is 0. The van der Waals surface area contributed by atoms with Gasteiger partial charge >= 0.3 is 0 Å². The zero-order valence-corrected chi connectivity index (χ0v) is 18.2. The maximum Gasteiger partial charge on any atom is 0.234 e. The summed E-state index contributed by atoms with van der Waals surface area (Å²) in [6, 6.07) is 0.364. The molecule has 1 saturated carbocycles. The first-order chi connectivity index (χ1) is 12.0. The summed E-state index contributed by atoms with van der Waals surface area (Å²) >= 11 is 0. The molecular weight excluding hydrogens is 387 g/mol. The van der Waals surface area contributed by atoms with E-state index in [2.05, 4.69) is 29.4 Å². The Kier molecular flexibility index (Phi) is 10.4. The quantitative estimate of drug-likeness (QED) is 0.704. The number of nitrogens with one attached hydrogen (secondary N) is 2. The van der Waals surface area contributed by atoms with Gasteiger partial charge in [-0.3, -0.25) is 14.5 Å². The van der Waals surface area contributed by atoms with Crippen LogP contribution in [0.15, 0.2) is 0 Å². The molecule has 3 fully saturated rings. The van der Waals surface area contributed by atoms with E-state index >= 15 is 0 Å². The minimum Gasteiger partial charge on any atom is -0.352 e. The summed E-state index contributed by atoms with van der Waals surface area (Å²) in [5.74, 6) is 1.84. The van der Waals surface area contributed by atoms with Crippen molar-refractivity contribution in [2.24, 2.45) is 17.8 Å². The van der Waals surface area contributed by atoms with Crippen molar-refractivity contribution in [3.8, 4) is 0 Å². The first-order valence-electron chi connectivity index (χ1n) is 10.0. The molecule has 8 heteroatoms. The van der Waals surface area contributed by atoms with Crippen LogP contribution in [0.5, 0.6) is 0 Å². The second-order valence-electron chi connectivity index (χ2n) is 8.33. The average molecular weight is 423 g/mol. The summed E-state index contributed by atoms with van der Waals surface area (Å²) in [6.45, 7) is 9.85. The van der Waals surface area contributed by atoms with Gasteiger partial charge in [0.1, 0.15) is 0 Å². The third-order valence-corrected chi connectivity index (χ3v) is 6.34. The zero-order valence-electron chi connectivity index (χ0n) is 16.6. The molecule has 1 unspecified atom stereocenters. The molecule has 27 heavy (non-hydrogen) atoms. The predicted octanol–water partition coefficient (Wildman–Crippen LogP) is 1.52. The highest BCUT2D eigenvalue weighted by Crippen LogP contribution is 2.23. The number of piperazine rings is 1. The molecule has 3 aliphatic rings. The Balaban J connectivity index is 0.00000182. The molecule has 1 atom stereocenters. The van der Waals surface area contributed by atoms with Crippen molar-refractivity contribution in [3.63, 3.8) is 0 Å². The van der Waals surface area contributed by atoms with E-state index in [1.807, 2.05) is 4.90 Å². The molecule has 1 aliphatic carbocycles. The van der Waals surface area contributed by atoms with E-state index in [0.717, 1.165) is 58.0 Å². The molecule has 2 amide bonds. The molecule has 0 spiro atoms. The monoisotopic (exact) mass is 422 g/mol. The van der Waals surface area contributed by atoms with Crippen LogP contribution in [0.2, 0.25) is 0 Å². The molecule has 2 heterocycles. The van der Waals surface area contributed by atoms with Gasteiger partial charge in [0.2, 0.25) is 11.8 Å². The van der Waals surface area contributed by atoms with Gasteiger partial charge in [-0.15, -0.1) is 24.8 Å². The maximum atomic E-state index is 12.6. The minimum absolute atomic E-state index is 0. The van der Waals surface area contributed by atoms with Gasteiger partial charge in [0.15, 0.2) is 0 Å². The Hall–Kier alpha value is -0.560. The number of hydrogen-bond acceptors (Lipinski definition) is 4. The number of carbonyl (C=O) groups excluding carboxylic acids is 2. The number of nitrogens with zero attached hydrogens (tertiary/aromatic N) is 2. The molecular formula is C19H36Cl2N4O2. The van der Waals surface area contributed by atoms with Gasteiger partial charge in [-0.2, -0.15) is 0 Å². The molecule has 0 aromatic carbocycles. The summed E-state index contributed by atoms with van der Waals surface area (Å²) in [5.41, 5.74) is 0. The fourth-order valence-corrected chi connectivity index (χ4v) is 4.16. The molecule has 158 valence electrons. The van der Waals surface area contributed by atoms with Crippen LogP contribution < -0.4 is 10.6 Å². The smallest absolute Gasteiger partial charge is 0.234 e. The molecule has 2 N–H and O–H groups in total. The molecule has 0 aromatic heterocycles. The largest absolute Gasteiger partial charge is 0.352 e. The predicted molar refractivity (Wildman–Crippen MR) is 113 cm³/mol. The van der Waals surface area contributed by atoms with Crippen molar-refractivity contribution in [1.29, 1.82) is 0 Å². The summed E-state index contributed by atoms with van der Waals surface area (Å²) in [7, 11) is 0. The molecule has 0 radical (unpaired) electrons. The maximum absolute atomic E-state index is 12.6. The molecule has 0 bridgehead atoms. The van der Waals surface area contributed by atoms with Crippen molar-refractivity contribution in [2.45, 2.75) is 45.6 Å². The van der Waals surface area contributed by atoms with Gasteiger partial charge in [0, 0.05) is 38.1 Å². The average Bonchev–Trinajstić information content (AvgIpc) is 2.55. The lowest BCUT2D eigenvalue weighted by atomic mass is 9.87. The topological polar surface area (TPSA) is 64.7 Å². The number of hydrogen-bond donors (Lipinski definition) is 2. The number of halogens is 2. The van der Waals surface area contributed by atoms with E-state index in [-0.39, 0.29) is 42.5 Å². The Morgan fingerprint density at radius 2 is 1.63 bits per heavy atom. The Morgan fingerprint density at radius 1 is 1.04 bits per heavy atom. The fourth-order valence-electron chi connectivity index (χ4n) is 4.16. The molecule has 0 aromatic rings. The molecule has 2 aliphatic heterocycles. The number of carbonyl (C=O) groups is 2. The highest BCUT2D eigenvalue weighted by atomic mass is 35.5. The highest BCUT2D eigenvalue weighted by Gasteiger charge is 2.33. The lowest BCUT2D eigenvalue weighted by Crippen LogP contribution is -2.55. The molecule has 6 nitrogen and oxygen atoms in total. The Labute approximate surface area is 176 Å². The Bertz CT molecular complexity index is 474. The Morgan fingerprint density at radius 3 is 2.15 bits per heavy atom. The van der Waals surface area contributed by atoms with Gasteiger partial charge < -0.3 is 15.5 Å². The lowest BCUT2D eigenvalue weighted by molar-refractivity contribution is -0.139. The van der Waals surface area contributed by atoms with E-state index in [1.165, 1.54) is 12.8 Å². The van der Waals surface area contributed by atoms with Crippen LogP contribution in [-0.2, 0) is 9.59 Å². The van der Waals surface area contributed by atoms with E-state index < -0.39 is 0 Å². The normalized spacial score (nSPS) is 27.6. The van der Waals surface area contributed by atoms with Crippen LogP contribution in [0.4, 0.5) is 0 Å². The second kappa shape index (κ2) is 11.4. The SMILES string of the molecule is CC1CCC(NC(=O)CN2CCN(C(=O)C(C)C3CNC3)CC2)CC1.Cl.Cl. The summed E-state index contributed by atoms with van der Waals surface area (Å²) < 4.78 is 0. The molecule has 2 saturated heterocycles. The van der Waals surface area contributed by atoms with Crippen LogP contribution in [0.25, 0.3) is 0 Å². The first-order valence-corrected chi connectivity index (χ1v) is 10.0. The standard InChI is InChI=1S/C19H34N4O2.2ClH/c1-14-3-5-17(6-4-14)21-18(24)13-22-7-9-23(10-8-22)19(25)15(2)16-11-20-12-16;;/h14-17,20H,3-13H2,1-2H3,(H,21,24);2*1H. The van der Waals surface area contributed by atoms with Crippen molar-refractivity contribution in [1.82, 2.24) is 20.4 Å². The van der Waals surface area contributed by atoms with E-state index in [9.17, 15) is 9.59 Å². The third kappa shape index (κ3) is 6.77.